The molecule has 1 heterocycles. The first-order chi connectivity index (χ1) is 12.0. The topological polar surface area (TPSA) is 84.2 Å². The maximum absolute atomic E-state index is 12.1. The number of benzene rings is 2. The van der Waals surface area contributed by atoms with Crippen LogP contribution in [0.2, 0.25) is 0 Å². The smallest absolute Gasteiger partial charge is 0.267 e. The highest BCUT2D eigenvalue weighted by molar-refractivity contribution is 5.88. The zero-order valence-electron chi connectivity index (χ0n) is 13.6. The zero-order valence-corrected chi connectivity index (χ0v) is 13.6. The molecule has 6 nitrogen and oxygen atoms in total. The Labute approximate surface area is 144 Å². The van der Waals surface area contributed by atoms with Crippen molar-refractivity contribution in [2.24, 2.45) is 0 Å². The molecule has 6 heteroatoms. The molecule has 0 fully saturated rings. The monoisotopic (exact) mass is 335 g/mol. The summed E-state index contributed by atoms with van der Waals surface area (Å²) in [6.45, 7) is 1.72. The Balaban J connectivity index is 1.91. The van der Waals surface area contributed by atoms with Gasteiger partial charge in [-0.25, -0.2) is 4.68 Å². The first-order valence-electron chi connectivity index (χ1n) is 7.75. The Hall–Kier alpha value is -3.41. The number of hydrogen-bond acceptors (Lipinski definition) is 4. The summed E-state index contributed by atoms with van der Waals surface area (Å²) >= 11 is 0. The minimum atomic E-state index is -0.228. The number of amides is 1. The summed E-state index contributed by atoms with van der Waals surface area (Å²) in [5.41, 5.74) is 2.60. The molecule has 25 heavy (non-hydrogen) atoms. The van der Waals surface area contributed by atoms with Crippen LogP contribution in [0.5, 0.6) is 5.75 Å². The summed E-state index contributed by atoms with van der Waals surface area (Å²) in [7, 11) is 0. The van der Waals surface area contributed by atoms with Crippen LogP contribution in [0.4, 0.5) is 5.69 Å². The molecule has 0 spiro atoms. The lowest BCUT2D eigenvalue weighted by Gasteiger charge is -2.09. The van der Waals surface area contributed by atoms with Gasteiger partial charge in [0.2, 0.25) is 5.91 Å². The minimum Gasteiger partial charge on any atom is -0.508 e. The molecule has 0 unspecified atom stereocenters. The van der Waals surface area contributed by atoms with Crippen molar-refractivity contribution in [1.29, 1.82) is 0 Å². The van der Waals surface area contributed by atoms with Crippen molar-refractivity contribution in [3.05, 3.63) is 76.6 Å². The summed E-state index contributed by atoms with van der Waals surface area (Å²) in [5, 5.41) is 16.7. The van der Waals surface area contributed by atoms with Gasteiger partial charge in [-0.3, -0.25) is 9.59 Å². The molecule has 2 N–H and O–H groups in total. The lowest BCUT2D eigenvalue weighted by molar-refractivity contribution is -0.114. The Morgan fingerprint density at radius 1 is 1.12 bits per heavy atom. The molecule has 1 aromatic heterocycles. The molecule has 0 bridgehead atoms. The van der Waals surface area contributed by atoms with Crippen LogP contribution in [0.1, 0.15) is 12.5 Å². The van der Waals surface area contributed by atoms with E-state index in [0.29, 0.717) is 11.4 Å². The number of carbonyl (C=O) groups is 1. The molecule has 0 aliphatic heterocycles. The van der Waals surface area contributed by atoms with E-state index in [-0.39, 0.29) is 23.8 Å². The van der Waals surface area contributed by atoms with Gasteiger partial charge in [0, 0.05) is 24.2 Å². The predicted octanol–water partition coefficient (Wildman–Crippen LogP) is 2.62. The molecule has 0 aliphatic rings. The van der Waals surface area contributed by atoms with E-state index in [2.05, 4.69) is 10.4 Å². The molecule has 0 radical (unpaired) electrons. The summed E-state index contributed by atoms with van der Waals surface area (Å²) in [6, 6.07) is 17.0. The zero-order chi connectivity index (χ0) is 17.8. The number of nitrogens with one attached hydrogen (secondary N) is 1. The second-order valence-corrected chi connectivity index (χ2v) is 5.65. The molecule has 2 aromatic carbocycles. The van der Waals surface area contributed by atoms with Crippen LogP contribution in [0.3, 0.4) is 0 Å². The van der Waals surface area contributed by atoms with Gasteiger partial charge >= 0.3 is 0 Å². The van der Waals surface area contributed by atoms with Crippen molar-refractivity contribution in [1.82, 2.24) is 9.78 Å². The molecular weight excluding hydrogens is 318 g/mol. The van der Waals surface area contributed by atoms with Gasteiger partial charge in [-0.2, -0.15) is 5.10 Å². The van der Waals surface area contributed by atoms with Crippen LogP contribution in [0.15, 0.2) is 65.5 Å². The highest BCUT2D eigenvalue weighted by Gasteiger charge is 2.06. The molecule has 3 rings (SSSR count). The van der Waals surface area contributed by atoms with Gasteiger partial charge in [-0.05, 0) is 35.9 Å². The van der Waals surface area contributed by atoms with Gasteiger partial charge in [0.05, 0.1) is 12.2 Å². The molecule has 0 atom stereocenters. The van der Waals surface area contributed by atoms with E-state index in [9.17, 15) is 14.7 Å². The fourth-order valence-electron chi connectivity index (χ4n) is 2.51. The van der Waals surface area contributed by atoms with Crippen molar-refractivity contribution in [3.8, 4) is 17.0 Å². The van der Waals surface area contributed by atoms with Crippen molar-refractivity contribution >= 4 is 11.6 Å². The number of rotatable bonds is 4. The molecule has 126 valence electrons. The van der Waals surface area contributed by atoms with Gasteiger partial charge in [0.1, 0.15) is 5.75 Å². The summed E-state index contributed by atoms with van der Waals surface area (Å²) in [6.07, 6.45) is 0. The van der Waals surface area contributed by atoms with Crippen LogP contribution < -0.4 is 10.9 Å². The van der Waals surface area contributed by atoms with Crippen molar-refractivity contribution in [2.75, 3.05) is 5.32 Å². The van der Waals surface area contributed by atoms with E-state index in [4.69, 9.17) is 0 Å². The van der Waals surface area contributed by atoms with E-state index in [0.717, 1.165) is 11.1 Å². The highest BCUT2D eigenvalue weighted by Crippen LogP contribution is 2.20. The van der Waals surface area contributed by atoms with Gasteiger partial charge in [0.15, 0.2) is 0 Å². The van der Waals surface area contributed by atoms with Crippen molar-refractivity contribution < 1.29 is 9.90 Å². The fraction of sp³-hybridized carbons (Fsp3) is 0.105. The third-order valence-corrected chi connectivity index (χ3v) is 3.59. The third-order valence-electron chi connectivity index (χ3n) is 3.59. The lowest BCUT2D eigenvalue weighted by Crippen LogP contribution is -2.22. The molecular formula is C19H17N3O3. The SMILES string of the molecule is CC(=O)Nc1cccc(Cn2nc(-c3cccc(O)c3)ccc2=O)c1. The Morgan fingerprint density at radius 2 is 1.92 bits per heavy atom. The average molecular weight is 335 g/mol. The van der Waals surface area contributed by atoms with Crippen LogP contribution in [-0.2, 0) is 11.3 Å². The largest absolute Gasteiger partial charge is 0.508 e. The molecule has 0 saturated heterocycles. The van der Waals surface area contributed by atoms with Crippen LogP contribution in [-0.4, -0.2) is 20.8 Å². The Kier molecular flexibility index (Phi) is 4.61. The van der Waals surface area contributed by atoms with Crippen molar-refractivity contribution in [3.63, 3.8) is 0 Å². The first kappa shape index (κ1) is 16.4. The first-order valence-corrected chi connectivity index (χ1v) is 7.75. The maximum atomic E-state index is 12.1. The number of aromatic hydroxyl groups is 1. The van der Waals surface area contributed by atoms with Gasteiger partial charge in [-0.15, -0.1) is 0 Å². The fourth-order valence-corrected chi connectivity index (χ4v) is 2.51. The summed E-state index contributed by atoms with van der Waals surface area (Å²) < 4.78 is 1.35. The molecule has 0 saturated carbocycles. The van der Waals surface area contributed by atoms with E-state index in [1.165, 1.54) is 17.7 Å². The van der Waals surface area contributed by atoms with Gasteiger partial charge in [-0.1, -0.05) is 24.3 Å². The third kappa shape index (κ3) is 4.11. The maximum Gasteiger partial charge on any atom is 0.267 e. The number of aromatic nitrogens is 2. The number of carbonyl (C=O) groups excluding carboxylic acids is 1. The molecule has 1 amide bonds. The number of hydrogen-bond donors (Lipinski definition) is 2. The van der Waals surface area contributed by atoms with Gasteiger partial charge < -0.3 is 10.4 Å². The second-order valence-electron chi connectivity index (χ2n) is 5.65. The van der Waals surface area contributed by atoms with E-state index >= 15 is 0 Å². The van der Waals surface area contributed by atoms with E-state index in [1.54, 1.807) is 36.4 Å². The van der Waals surface area contributed by atoms with Crippen LogP contribution >= 0.6 is 0 Å². The summed E-state index contributed by atoms with van der Waals surface area (Å²) in [4.78, 5) is 23.3. The Bertz CT molecular complexity index is 979. The lowest BCUT2D eigenvalue weighted by atomic mass is 10.1. The number of nitrogens with zero attached hydrogens (tertiary/aromatic N) is 2. The standard InChI is InChI=1S/C19H17N3O3/c1-13(23)20-16-6-2-4-14(10-16)12-22-19(25)9-8-18(21-22)15-5-3-7-17(24)11-15/h2-11,24H,12H2,1H3,(H,20,23). The van der Waals surface area contributed by atoms with E-state index < -0.39 is 0 Å². The average Bonchev–Trinajstić information content (AvgIpc) is 2.56. The predicted molar refractivity (Wildman–Crippen MR) is 95.4 cm³/mol. The molecule has 0 aliphatic carbocycles. The van der Waals surface area contributed by atoms with Crippen molar-refractivity contribution in [2.45, 2.75) is 13.5 Å². The summed E-state index contributed by atoms with van der Waals surface area (Å²) in [5.74, 6) is -0.0154. The van der Waals surface area contributed by atoms with Crippen LogP contribution in [0, 0.1) is 0 Å². The normalized spacial score (nSPS) is 10.4. The quantitative estimate of drug-likeness (QED) is 0.767. The van der Waals surface area contributed by atoms with Crippen LogP contribution in [0.25, 0.3) is 11.3 Å². The number of phenols is 1. The van der Waals surface area contributed by atoms with Gasteiger partial charge in [0.25, 0.3) is 5.56 Å². The van der Waals surface area contributed by atoms with E-state index in [1.807, 2.05) is 18.2 Å². The number of phenolic OH excluding ortho intramolecular Hbond substituents is 1. The second kappa shape index (κ2) is 7.00. The minimum absolute atomic E-state index is 0.139. The number of anilines is 1. The Morgan fingerprint density at radius 3 is 2.68 bits per heavy atom. The highest BCUT2D eigenvalue weighted by atomic mass is 16.3. The molecule has 3 aromatic rings.